The molecule has 0 spiro atoms. The molecule has 100 valence electrons. The zero-order valence-corrected chi connectivity index (χ0v) is 12.4. The van der Waals surface area contributed by atoms with Gasteiger partial charge < -0.3 is 4.40 Å². The predicted octanol–water partition coefficient (Wildman–Crippen LogP) is 3.69. The van der Waals surface area contributed by atoms with E-state index in [1.54, 1.807) is 0 Å². The largest absolute Gasteiger partial charge is 0.302 e. The number of imidazole rings is 1. The maximum Gasteiger partial charge on any atom is 0.170 e. The SMILES string of the molecule is O=Cc1nc(CCc2ccccc2)n2cccc(Br)c12. The smallest absolute Gasteiger partial charge is 0.170 e. The number of nitrogens with zero attached hydrogens (tertiary/aromatic N) is 2. The molecule has 0 bridgehead atoms. The summed E-state index contributed by atoms with van der Waals surface area (Å²) >= 11 is 3.48. The van der Waals surface area contributed by atoms with Crippen molar-refractivity contribution in [3.63, 3.8) is 0 Å². The summed E-state index contributed by atoms with van der Waals surface area (Å²) in [4.78, 5) is 15.6. The monoisotopic (exact) mass is 328 g/mol. The number of carbonyl (C=O) groups is 1. The predicted molar refractivity (Wildman–Crippen MR) is 82.1 cm³/mol. The molecule has 0 saturated heterocycles. The third kappa shape index (κ3) is 2.39. The fourth-order valence-corrected chi connectivity index (χ4v) is 2.89. The molecule has 0 fully saturated rings. The Morgan fingerprint density at radius 2 is 1.90 bits per heavy atom. The minimum atomic E-state index is 0.487. The van der Waals surface area contributed by atoms with E-state index in [0.717, 1.165) is 34.9 Å². The normalized spacial score (nSPS) is 10.8. The molecule has 2 heterocycles. The van der Waals surface area contributed by atoms with Crippen molar-refractivity contribution in [3.05, 3.63) is 70.2 Å². The van der Waals surface area contributed by atoms with E-state index in [9.17, 15) is 4.79 Å². The van der Waals surface area contributed by atoms with Gasteiger partial charge in [-0.2, -0.15) is 0 Å². The van der Waals surface area contributed by atoms with Crippen molar-refractivity contribution in [2.75, 3.05) is 0 Å². The van der Waals surface area contributed by atoms with Crippen LogP contribution in [0.2, 0.25) is 0 Å². The molecule has 1 aromatic carbocycles. The standard InChI is InChI=1S/C16H13BrN2O/c17-13-7-4-10-19-15(18-14(11-20)16(13)19)9-8-12-5-2-1-3-6-12/h1-7,10-11H,8-9H2. The second kappa shape index (κ2) is 5.59. The van der Waals surface area contributed by atoms with Crippen LogP contribution in [0.1, 0.15) is 21.9 Å². The maximum absolute atomic E-state index is 11.2. The van der Waals surface area contributed by atoms with Crippen molar-refractivity contribution in [2.24, 2.45) is 0 Å². The molecule has 0 atom stereocenters. The quantitative estimate of drug-likeness (QED) is 0.684. The van der Waals surface area contributed by atoms with E-state index in [1.165, 1.54) is 5.56 Å². The lowest BCUT2D eigenvalue weighted by Gasteiger charge is -2.02. The lowest BCUT2D eigenvalue weighted by Crippen LogP contribution is -1.97. The van der Waals surface area contributed by atoms with E-state index in [4.69, 9.17) is 0 Å². The number of halogens is 1. The molecule has 0 amide bonds. The number of aryl methyl sites for hydroxylation is 2. The first-order valence-corrected chi connectivity index (χ1v) is 7.23. The molecule has 0 N–H and O–H groups in total. The van der Waals surface area contributed by atoms with Crippen LogP contribution in [0.3, 0.4) is 0 Å². The highest BCUT2D eigenvalue weighted by atomic mass is 79.9. The van der Waals surface area contributed by atoms with Crippen molar-refractivity contribution in [3.8, 4) is 0 Å². The zero-order chi connectivity index (χ0) is 13.9. The summed E-state index contributed by atoms with van der Waals surface area (Å²) in [5.74, 6) is 0.909. The Balaban J connectivity index is 1.96. The van der Waals surface area contributed by atoms with E-state index in [0.29, 0.717) is 5.69 Å². The van der Waals surface area contributed by atoms with Gasteiger partial charge in [0.25, 0.3) is 0 Å². The molecule has 0 saturated carbocycles. The van der Waals surface area contributed by atoms with Gasteiger partial charge in [-0.25, -0.2) is 4.98 Å². The van der Waals surface area contributed by atoms with Crippen molar-refractivity contribution in [1.82, 2.24) is 9.38 Å². The van der Waals surface area contributed by atoms with Crippen LogP contribution in [-0.4, -0.2) is 15.7 Å². The maximum atomic E-state index is 11.2. The zero-order valence-electron chi connectivity index (χ0n) is 10.8. The summed E-state index contributed by atoms with van der Waals surface area (Å²) in [7, 11) is 0. The number of hydrogen-bond donors (Lipinski definition) is 0. The number of benzene rings is 1. The average Bonchev–Trinajstić information content (AvgIpc) is 2.86. The number of hydrogen-bond acceptors (Lipinski definition) is 2. The summed E-state index contributed by atoms with van der Waals surface area (Å²) in [5.41, 5.74) is 2.60. The second-order valence-electron chi connectivity index (χ2n) is 4.59. The highest BCUT2D eigenvalue weighted by Gasteiger charge is 2.12. The van der Waals surface area contributed by atoms with E-state index >= 15 is 0 Å². The highest BCUT2D eigenvalue weighted by molar-refractivity contribution is 9.10. The van der Waals surface area contributed by atoms with Gasteiger partial charge in [-0.05, 0) is 40.0 Å². The summed E-state index contributed by atoms with van der Waals surface area (Å²) in [6.45, 7) is 0. The van der Waals surface area contributed by atoms with Crippen LogP contribution in [0.15, 0.2) is 53.1 Å². The summed E-state index contributed by atoms with van der Waals surface area (Å²) in [6, 6.07) is 14.2. The number of aromatic nitrogens is 2. The number of aldehydes is 1. The Morgan fingerprint density at radius 1 is 1.10 bits per heavy atom. The number of pyridine rings is 1. The van der Waals surface area contributed by atoms with Crippen LogP contribution in [0.25, 0.3) is 5.52 Å². The van der Waals surface area contributed by atoms with Gasteiger partial charge in [0.05, 0.1) is 5.52 Å². The van der Waals surface area contributed by atoms with Gasteiger partial charge in [0.2, 0.25) is 0 Å². The van der Waals surface area contributed by atoms with Gasteiger partial charge in [-0.15, -0.1) is 0 Å². The first-order chi connectivity index (χ1) is 9.79. The van der Waals surface area contributed by atoms with Crippen molar-refractivity contribution < 1.29 is 4.79 Å². The topological polar surface area (TPSA) is 34.4 Å². The van der Waals surface area contributed by atoms with E-state index in [-0.39, 0.29) is 0 Å². The number of rotatable bonds is 4. The molecule has 0 radical (unpaired) electrons. The van der Waals surface area contributed by atoms with E-state index in [2.05, 4.69) is 33.0 Å². The Kier molecular flexibility index (Phi) is 3.65. The highest BCUT2D eigenvalue weighted by Crippen LogP contribution is 2.22. The minimum Gasteiger partial charge on any atom is -0.302 e. The Morgan fingerprint density at radius 3 is 2.65 bits per heavy atom. The molecular weight excluding hydrogens is 316 g/mol. The van der Waals surface area contributed by atoms with Gasteiger partial charge in [0.15, 0.2) is 6.29 Å². The first-order valence-electron chi connectivity index (χ1n) is 6.44. The van der Waals surface area contributed by atoms with E-state index < -0.39 is 0 Å². The molecule has 0 aliphatic heterocycles. The van der Waals surface area contributed by atoms with Crippen molar-refractivity contribution in [1.29, 1.82) is 0 Å². The molecule has 4 heteroatoms. The molecular formula is C16H13BrN2O. The van der Waals surface area contributed by atoms with Crippen LogP contribution in [0.5, 0.6) is 0 Å². The van der Waals surface area contributed by atoms with Crippen LogP contribution in [0.4, 0.5) is 0 Å². The lowest BCUT2D eigenvalue weighted by molar-refractivity contribution is 0.112. The average molecular weight is 329 g/mol. The van der Waals surface area contributed by atoms with Gasteiger partial charge >= 0.3 is 0 Å². The molecule has 20 heavy (non-hydrogen) atoms. The van der Waals surface area contributed by atoms with Crippen molar-refractivity contribution >= 4 is 27.7 Å². The Bertz CT molecular complexity index is 750. The lowest BCUT2D eigenvalue weighted by atomic mass is 10.1. The van der Waals surface area contributed by atoms with Gasteiger partial charge in [0, 0.05) is 17.1 Å². The molecule has 2 aromatic heterocycles. The number of fused-ring (bicyclic) bond motifs is 1. The molecule has 0 aliphatic carbocycles. The fraction of sp³-hybridized carbons (Fsp3) is 0.125. The van der Waals surface area contributed by atoms with Crippen LogP contribution < -0.4 is 0 Å². The fourth-order valence-electron chi connectivity index (χ4n) is 2.35. The first kappa shape index (κ1) is 13.1. The summed E-state index contributed by atoms with van der Waals surface area (Å²) < 4.78 is 2.87. The Labute approximate surface area is 125 Å². The summed E-state index contributed by atoms with van der Waals surface area (Å²) in [5, 5.41) is 0. The molecule has 3 aromatic rings. The molecule has 0 aliphatic rings. The minimum absolute atomic E-state index is 0.487. The van der Waals surface area contributed by atoms with Crippen LogP contribution in [0, 0.1) is 0 Å². The third-order valence-corrected chi connectivity index (χ3v) is 3.95. The second-order valence-corrected chi connectivity index (χ2v) is 5.45. The van der Waals surface area contributed by atoms with Crippen molar-refractivity contribution in [2.45, 2.75) is 12.8 Å². The Hall–Kier alpha value is -1.94. The van der Waals surface area contributed by atoms with E-state index in [1.807, 2.05) is 40.9 Å². The molecule has 0 unspecified atom stereocenters. The molecule has 3 nitrogen and oxygen atoms in total. The van der Waals surface area contributed by atoms with Gasteiger partial charge in [-0.1, -0.05) is 30.3 Å². The molecule has 3 rings (SSSR count). The third-order valence-electron chi connectivity index (χ3n) is 3.31. The van der Waals surface area contributed by atoms with Crippen LogP contribution in [-0.2, 0) is 12.8 Å². The van der Waals surface area contributed by atoms with Crippen LogP contribution >= 0.6 is 15.9 Å². The van der Waals surface area contributed by atoms with Gasteiger partial charge in [0.1, 0.15) is 11.5 Å². The summed E-state index contributed by atoms with van der Waals surface area (Å²) in [6.07, 6.45) is 4.47. The number of carbonyl (C=O) groups excluding carboxylic acids is 1. The van der Waals surface area contributed by atoms with Gasteiger partial charge in [-0.3, -0.25) is 4.79 Å².